The zero-order valence-corrected chi connectivity index (χ0v) is 20.1. The van der Waals surface area contributed by atoms with Gasteiger partial charge in [0.1, 0.15) is 5.70 Å². The standard InChI is InChI=1S/C25H21BrN2O4S/c1-32-23(29)16-33-21-13-11-20(12-14-21)27-25(31)22(15-17-7-9-19(26)10-8-17)28-24(30)18-5-3-2-4-6-18/h2-15H,16H2,1H3,(H,27,31)(H,28,30)/b22-15-. The second-order valence-electron chi connectivity index (χ2n) is 6.77. The van der Waals surface area contributed by atoms with Crippen molar-refractivity contribution < 1.29 is 19.1 Å². The van der Waals surface area contributed by atoms with E-state index in [1.807, 2.05) is 30.3 Å². The van der Waals surface area contributed by atoms with E-state index >= 15 is 0 Å². The van der Waals surface area contributed by atoms with Crippen molar-refractivity contribution in [1.82, 2.24) is 5.32 Å². The van der Waals surface area contributed by atoms with Crippen LogP contribution in [0.3, 0.4) is 0 Å². The van der Waals surface area contributed by atoms with Crippen LogP contribution < -0.4 is 10.6 Å². The van der Waals surface area contributed by atoms with E-state index in [0.29, 0.717) is 11.3 Å². The molecule has 0 spiro atoms. The van der Waals surface area contributed by atoms with E-state index in [1.54, 1.807) is 54.6 Å². The Balaban J connectivity index is 1.76. The number of rotatable bonds is 8. The van der Waals surface area contributed by atoms with Crippen molar-refractivity contribution in [2.24, 2.45) is 0 Å². The first-order valence-electron chi connectivity index (χ1n) is 9.89. The molecule has 0 bridgehead atoms. The van der Waals surface area contributed by atoms with Crippen molar-refractivity contribution in [1.29, 1.82) is 0 Å². The highest BCUT2D eigenvalue weighted by Crippen LogP contribution is 2.21. The maximum absolute atomic E-state index is 13.0. The van der Waals surface area contributed by atoms with E-state index in [-0.39, 0.29) is 23.3 Å². The number of benzene rings is 3. The molecule has 0 saturated heterocycles. The van der Waals surface area contributed by atoms with Gasteiger partial charge >= 0.3 is 5.97 Å². The number of ether oxygens (including phenoxy) is 1. The third-order valence-electron chi connectivity index (χ3n) is 4.41. The second-order valence-corrected chi connectivity index (χ2v) is 8.74. The van der Waals surface area contributed by atoms with Gasteiger partial charge in [-0.3, -0.25) is 14.4 Å². The van der Waals surface area contributed by atoms with E-state index in [1.165, 1.54) is 18.9 Å². The van der Waals surface area contributed by atoms with Crippen molar-refractivity contribution in [2.75, 3.05) is 18.2 Å². The van der Waals surface area contributed by atoms with E-state index < -0.39 is 5.91 Å². The van der Waals surface area contributed by atoms with Crippen LogP contribution in [0.4, 0.5) is 5.69 Å². The van der Waals surface area contributed by atoms with Gasteiger partial charge in [0.15, 0.2) is 0 Å². The summed E-state index contributed by atoms with van der Waals surface area (Å²) in [6.45, 7) is 0. The highest BCUT2D eigenvalue weighted by Gasteiger charge is 2.15. The van der Waals surface area contributed by atoms with Gasteiger partial charge in [-0.15, -0.1) is 11.8 Å². The summed E-state index contributed by atoms with van der Waals surface area (Å²) in [6.07, 6.45) is 1.61. The molecule has 0 saturated carbocycles. The SMILES string of the molecule is COC(=O)CSc1ccc(NC(=O)/C(=C/c2ccc(Br)cc2)NC(=O)c2ccccc2)cc1. The van der Waals surface area contributed by atoms with Crippen molar-refractivity contribution >= 4 is 57.2 Å². The summed E-state index contributed by atoms with van der Waals surface area (Å²) in [7, 11) is 1.34. The molecule has 8 heteroatoms. The van der Waals surface area contributed by atoms with Gasteiger partial charge in [-0.2, -0.15) is 0 Å². The molecule has 3 aromatic rings. The predicted molar refractivity (Wildman–Crippen MR) is 134 cm³/mol. The average molecular weight is 525 g/mol. The van der Waals surface area contributed by atoms with Crippen LogP contribution in [-0.4, -0.2) is 30.6 Å². The molecule has 3 aromatic carbocycles. The molecule has 0 aliphatic carbocycles. The molecule has 3 rings (SSSR count). The number of anilines is 1. The minimum atomic E-state index is -0.461. The van der Waals surface area contributed by atoms with Gasteiger partial charge in [0.25, 0.3) is 11.8 Å². The summed E-state index contributed by atoms with van der Waals surface area (Å²) in [5.74, 6) is -0.955. The Hall–Kier alpha value is -3.36. The van der Waals surface area contributed by atoms with Crippen LogP contribution in [0.2, 0.25) is 0 Å². The first kappa shape index (κ1) is 24.3. The van der Waals surface area contributed by atoms with Crippen LogP contribution in [0.5, 0.6) is 0 Å². The number of nitrogens with one attached hydrogen (secondary N) is 2. The van der Waals surface area contributed by atoms with Gasteiger partial charge < -0.3 is 15.4 Å². The molecule has 168 valence electrons. The zero-order chi connectivity index (χ0) is 23.6. The number of halogens is 1. The molecule has 0 aliphatic heterocycles. The van der Waals surface area contributed by atoms with Gasteiger partial charge in [-0.1, -0.05) is 46.3 Å². The third kappa shape index (κ3) is 7.62. The lowest BCUT2D eigenvalue weighted by molar-refractivity contribution is -0.137. The molecule has 0 aliphatic rings. The molecule has 2 amide bonds. The summed E-state index contributed by atoms with van der Waals surface area (Å²) >= 11 is 4.72. The van der Waals surface area contributed by atoms with E-state index in [2.05, 4.69) is 31.3 Å². The second kappa shape index (κ2) is 12.0. The molecule has 0 fully saturated rings. The maximum Gasteiger partial charge on any atom is 0.315 e. The minimum absolute atomic E-state index is 0.107. The number of esters is 1. The number of thioether (sulfide) groups is 1. The Morgan fingerprint density at radius 2 is 1.61 bits per heavy atom. The molecule has 0 aromatic heterocycles. The highest BCUT2D eigenvalue weighted by atomic mass is 79.9. The molecule has 33 heavy (non-hydrogen) atoms. The van der Waals surface area contributed by atoms with Crippen LogP contribution in [0.1, 0.15) is 15.9 Å². The number of carbonyl (C=O) groups excluding carboxylic acids is 3. The lowest BCUT2D eigenvalue weighted by atomic mass is 10.1. The number of hydrogen-bond donors (Lipinski definition) is 2. The molecule has 0 radical (unpaired) electrons. The van der Waals surface area contributed by atoms with E-state index in [9.17, 15) is 14.4 Å². The lowest BCUT2D eigenvalue weighted by Crippen LogP contribution is -2.30. The minimum Gasteiger partial charge on any atom is -0.468 e. The monoisotopic (exact) mass is 524 g/mol. The summed E-state index contributed by atoms with van der Waals surface area (Å²) < 4.78 is 5.54. The molecular formula is C25H21BrN2O4S. The largest absolute Gasteiger partial charge is 0.468 e. The van der Waals surface area contributed by atoms with Gasteiger partial charge in [-0.05, 0) is 60.2 Å². The van der Waals surface area contributed by atoms with Crippen LogP contribution >= 0.6 is 27.7 Å². The van der Waals surface area contributed by atoms with Crippen LogP contribution in [-0.2, 0) is 14.3 Å². The Morgan fingerprint density at radius 3 is 2.24 bits per heavy atom. The predicted octanol–water partition coefficient (Wildman–Crippen LogP) is 5.12. The first-order valence-corrected chi connectivity index (χ1v) is 11.7. The van der Waals surface area contributed by atoms with Crippen LogP contribution in [0, 0.1) is 0 Å². The number of amides is 2. The van der Waals surface area contributed by atoms with E-state index in [0.717, 1.165) is 14.9 Å². The molecule has 0 unspecified atom stereocenters. The topological polar surface area (TPSA) is 84.5 Å². The van der Waals surface area contributed by atoms with Gasteiger partial charge in [0.05, 0.1) is 12.9 Å². The number of carbonyl (C=O) groups is 3. The van der Waals surface area contributed by atoms with Gasteiger partial charge in [0.2, 0.25) is 0 Å². The summed E-state index contributed by atoms with van der Waals surface area (Å²) in [6, 6.07) is 23.1. The highest BCUT2D eigenvalue weighted by molar-refractivity contribution is 9.10. The first-order chi connectivity index (χ1) is 15.9. The van der Waals surface area contributed by atoms with Gasteiger partial charge in [0, 0.05) is 20.6 Å². The quantitative estimate of drug-likeness (QED) is 0.242. The molecular weight excluding hydrogens is 504 g/mol. The summed E-state index contributed by atoms with van der Waals surface area (Å²) in [5, 5.41) is 5.51. The van der Waals surface area contributed by atoms with Crippen molar-refractivity contribution in [3.63, 3.8) is 0 Å². The third-order valence-corrected chi connectivity index (χ3v) is 5.92. The molecule has 2 N–H and O–H groups in total. The Kier molecular flexibility index (Phi) is 8.86. The molecule has 0 atom stereocenters. The van der Waals surface area contributed by atoms with Crippen molar-refractivity contribution in [3.8, 4) is 0 Å². The fourth-order valence-electron chi connectivity index (χ4n) is 2.70. The van der Waals surface area contributed by atoms with Crippen molar-refractivity contribution in [3.05, 3.63) is 100 Å². The van der Waals surface area contributed by atoms with Gasteiger partial charge in [-0.25, -0.2) is 0 Å². The Morgan fingerprint density at radius 1 is 0.939 bits per heavy atom. The number of hydrogen-bond acceptors (Lipinski definition) is 5. The summed E-state index contributed by atoms with van der Waals surface area (Å²) in [5.41, 5.74) is 1.86. The fourth-order valence-corrected chi connectivity index (χ4v) is 3.70. The maximum atomic E-state index is 13.0. The Bertz CT molecular complexity index is 1150. The van der Waals surface area contributed by atoms with Crippen LogP contribution in [0.25, 0.3) is 6.08 Å². The van der Waals surface area contributed by atoms with Crippen LogP contribution in [0.15, 0.2) is 93.9 Å². The lowest BCUT2D eigenvalue weighted by Gasteiger charge is -2.12. The van der Waals surface area contributed by atoms with Crippen molar-refractivity contribution in [2.45, 2.75) is 4.90 Å². The number of methoxy groups -OCH3 is 1. The Labute approximate surface area is 204 Å². The molecule has 6 nitrogen and oxygen atoms in total. The smallest absolute Gasteiger partial charge is 0.315 e. The normalized spacial score (nSPS) is 10.9. The molecule has 0 heterocycles. The fraction of sp³-hybridized carbons (Fsp3) is 0.0800. The summed E-state index contributed by atoms with van der Waals surface area (Å²) in [4.78, 5) is 37.8. The van der Waals surface area contributed by atoms with E-state index in [4.69, 9.17) is 0 Å². The zero-order valence-electron chi connectivity index (χ0n) is 17.7. The average Bonchev–Trinajstić information content (AvgIpc) is 2.84.